The third-order valence-electron chi connectivity index (χ3n) is 5.93. The fourth-order valence-electron chi connectivity index (χ4n) is 4.10. The monoisotopic (exact) mass is 482 g/mol. The van der Waals surface area contributed by atoms with E-state index in [1.54, 1.807) is 37.1 Å². The highest BCUT2D eigenvalue weighted by Gasteiger charge is 2.40. The van der Waals surface area contributed by atoms with Crippen molar-refractivity contribution in [3.05, 3.63) is 42.5 Å². The number of hydrogen-bond donors (Lipinski definition) is 1. The van der Waals surface area contributed by atoms with Crippen LogP contribution in [0.25, 0.3) is 22.3 Å². The van der Waals surface area contributed by atoms with E-state index in [9.17, 15) is 8.78 Å². The molecule has 0 spiro atoms. The predicted molar refractivity (Wildman–Crippen MR) is 126 cm³/mol. The second-order valence-electron chi connectivity index (χ2n) is 8.71. The quantitative estimate of drug-likeness (QED) is 0.422. The van der Waals surface area contributed by atoms with E-state index in [1.165, 1.54) is 12.4 Å². The van der Waals surface area contributed by atoms with Gasteiger partial charge in [-0.2, -0.15) is 8.78 Å². The molecule has 0 unspecified atom stereocenters. The second-order valence-corrected chi connectivity index (χ2v) is 8.71. The highest BCUT2D eigenvalue weighted by atomic mass is 19.3. The van der Waals surface area contributed by atoms with E-state index in [4.69, 9.17) is 9.47 Å². The van der Waals surface area contributed by atoms with Gasteiger partial charge in [-0.05, 0) is 38.1 Å². The van der Waals surface area contributed by atoms with Gasteiger partial charge in [0.05, 0.1) is 24.4 Å². The van der Waals surface area contributed by atoms with Gasteiger partial charge in [0.15, 0.2) is 11.6 Å². The molecule has 0 atom stereocenters. The Morgan fingerprint density at radius 2 is 1.97 bits per heavy atom. The lowest BCUT2D eigenvalue weighted by atomic mass is 9.96. The molecule has 1 aliphatic rings. The second kappa shape index (κ2) is 8.69. The van der Waals surface area contributed by atoms with Crippen molar-refractivity contribution in [2.75, 3.05) is 30.4 Å². The lowest BCUT2D eigenvalue weighted by molar-refractivity contribution is -0.0493. The highest BCUT2D eigenvalue weighted by molar-refractivity contribution is 5.90. The van der Waals surface area contributed by atoms with E-state index in [2.05, 4.69) is 35.4 Å². The molecule has 35 heavy (non-hydrogen) atoms. The standard InChI is InChI=1S/C23H24F2N8O2/c1-13-7-15-9-26-22(30-18(15)20(28-13)33-10-23(2,11-33)34-4)29-16-6-5-14(8-17(16)35-21(24)25)19-31-27-12-32(19)3/h5-9,12,21H,10-11H2,1-4H3,(H,26,29,30). The molecular formula is C23H24F2N8O2. The zero-order valence-corrected chi connectivity index (χ0v) is 19.7. The minimum atomic E-state index is -3.01. The van der Waals surface area contributed by atoms with Gasteiger partial charge >= 0.3 is 6.61 Å². The lowest BCUT2D eigenvalue weighted by Crippen LogP contribution is -2.61. The molecule has 0 bridgehead atoms. The topological polar surface area (TPSA) is 103 Å². The van der Waals surface area contributed by atoms with Gasteiger partial charge in [-0.15, -0.1) is 10.2 Å². The summed E-state index contributed by atoms with van der Waals surface area (Å²) < 4.78 is 38.4. The first-order valence-corrected chi connectivity index (χ1v) is 10.9. The Kier molecular flexibility index (Phi) is 5.67. The summed E-state index contributed by atoms with van der Waals surface area (Å²) >= 11 is 0. The SMILES string of the molecule is COC1(C)CN(c2nc(C)cc3cnc(Nc4ccc(-c5nncn5C)cc4OC(F)F)nc23)C1. The number of pyridine rings is 1. The van der Waals surface area contributed by atoms with E-state index < -0.39 is 6.61 Å². The Labute approximate surface area is 199 Å². The Hall–Kier alpha value is -3.93. The molecule has 10 nitrogen and oxygen atoms in total. The number of rotatable bonds is 7. The first kappa shape index (κ1) is 22.8. The summed E-state index contributed by atoms with van der Waals surface area (Å²) in [6, 6.07) is 6.72. The fraction of sp³-hybridized carbons (Fsp3) is 0.348. The number of ether oxygens (including phenoxy) is 2. The number of alkyl halides is 2. The minimum Gasteiger partial charge on any atom is -0.433 e. The summed E-state index contributed by atoms with van der Waals surface area (Å²) in [5.41, 5.74) is 2.12. The van der Waals surface area contributed by atoms with E-state index in [1.807, 2.05) is 19.9 Å². The van der Waals surface area contributed by atoms with Crippen molar-refractivity contribution < 1.29 is 18.3 Å². The molecule has 1 aromatic carbocycles. The van der Waals surface area contributed by atoms with Gasteiger partial charge in [0.25, 0.3) is 0 Å². The Morgan fingerprint density at radius 3 is 2.66 bits per heavy atom. The maximum atomic E-state index is 13.2. The summed E-state index contributed by atoms with van der Waals surface area (Å²) in [6.45, 7) is 2.30. The summed E-state index contributed by atoms with van der Waals surface area (Å²) in [4.78, 5) is 15.8. The van der Waals surface area contributed by atoms with Crippen molar-refractivity contribution in [3.8, 4) is 17.1 Å². The van der Waals surface area contributed by atoms with Crippen molar-refractivity contribution in [1.29, 1.82) is 0 Å². The summed E-state index contributed by atoms with van der Waals surface area (Å²) in [5.74, 6) is 1.40. The largest absolute Gasteiger partial charge is 0.433 e. The molecule has 1 N–H and O–H groups in total. The smallest absolute Gasteiger partial charge is 0.387 e. The van der Waals surface area contributed by atoms with Crippen LogP contribution in [0, 0.1) is 6.92 Å². The van der Waals surface area contributed by atoms with Crippen LogP contribution in [-0.2, 0) is 11.8 Å². The predicted octanol–water partition coefficient (Wildman–Crippen LogP) is 3.70. The molecule has 0 aliphatic carbocycles. The number of halogens is 2. The van der Waals surface area contributed by atoms with Gasteiger partial charge in [0, 0.05) is 37.0 Å². The normalized spacial score (nSPS) is 14.9. The molecule has 0 saturated carbocycles. The number of nitrogens with zero attached hydrogens (tertiary/aromatic N) is 7. The van der Waals surface area contributed by atoms with Crippen LogP contribution in [0.15, 0.2) is 36.8 Å². The maximum absolute atomic E-state index is 13.2. The Balaban J connectivity index is 1.50. The van der Waals surface area contributed by atoms with Crippen molar-refractivity contribution in [3.63, 3.8) is 0 Å². The number of nitrogens with one attached hydrogen (secondary N) is 1. The van der Waals surface area contributed by atoms with Gasteiger partial charge in [-0.1, -0.05) is 0 Å². The number of hydrogen-bond acceptors (Lipinski definition) is 9. The number of aromatic nitrogens is 6. The summed E-state index contributed by atoms with van der Waals surface area (Å²) in [6.07, 6.45) is 3.21. The van der Waals surface area contributed by atoms with E-state index in [-0.39, 0.29) is 23.0 Å². The first-order valence-electron chi connectivity index (χ1n) is 10.9. The lowest BCUT2D eigenvalue weighted by Gasteiger charge is -2.47. The van der Waals surface area contributed by atoms with Crippen LogP contribution in [-0.4, -0.2) is 62.1 Å². The first-order chi connectivity index (χ1) is 16.7. The van der Waals surface area contributed by atoms with E-state index in [0.717, 1.165) is 16.9 Å². The number of fused-ring (bicyclic) bond motifs is 1. The molecule has 1 aliphatic heterocycles. The molecule has 5 rings (SSSR count). The van der Waals surface area contributed by atoms with Gasteiger partial charge in [0.1, 0.15) is 17.6 Å². The number of anilines is 3. The third-order valence-corrected chi connectivity index (χ3v) is 5.93. The molecule has 182 valence electrons. The van der Waals surface area contributed by atoms with E-state index >= 15 is 0 Å². The molecule has 12 heteroatoms. The number of aryl methyl sites for hydroxylation is 2. The van der Waals surface area contributed by atoms with Crippen LogP contribution >= 0.6 is 0 Å². The molecule has 0 amide bonds. The van der Waals surface area contributed by atoms with Gasteiger partial charge < -0.3 is 24.3 Å². The zero-order chi connectivity index (χ0) is 24.7. The van der Waals surface area contributed by atoms with Crippen LogP contribution in [0.4, 0.5) is 26.2 Å². The van der Waals surface area contributed by atoms with Crippen molar-refractivity contribution in [2.24, 2.45) is 7.05 Å². The molecular weight excluding hydrogens is 458 g/mol. The van der Waals surface area contributed by atoms with Crippen LogP contribution in [0.2, 0.25) is 0 Å². The third kappa shape index (κ3) is 4.44. The number of methoxy groups -OCH3 is 1. The Morgan fingerprint density at radius 1 is 1.17 bits per heavy atom. The van der Waals surface area contributed by atoms with Gasteiger partial charge in [0.2, 0.25) is 5.95 Å². The summed E-state index contributed by atoms with van der Waals surface area (Å²) in [5, 5.41) is 11.7. The highest BCUT2D eigenvalue weighted by Crippen LogP contribution is 2.35. The average molecular weight is 482 g/mol. The zero-order valence-electron chi connectivity index (χ0n) is 19.7. The maximum Gasteiger partial charge on any atom is 0.387 e. The fourth-order valence-corrected chi connectivity index (χ4v) is 4.10. The van der Waals surface area contributed by atoms with Crippen molar-refractivity contribution in [2.45, 2.75) is 26.1 Å². The van der Waals surface area contributed by atoms with Crippen LogP contribution < -0.4 is 15.0 Å². The molecule has 1 saturated heterocycles. The molecule has 4 heterocycles. The van der Waals surface area contributed by atoms with Crippen LogP contribution in [0.1, 0.15) is 12.6 Å². The van der Waals surface area contributed by atoms with Crippen molar-refractivity contribution >= 4 is 28.4 Å². The molecule has 0 radical (unpaired) electrons. The summed E-state index contributed by atoms with van der Waals surface area (Å²) in [7, 11) is 3.46. The van der Waals surface area contributed by atoms with Crippen LogP contribution in [0.3, 0.4) is 0 Å². The average Bonchev–Trinajstić information content (AvgIpc) is 3.23. The Bertz CT molecular complexity index is 1390. The molecule has 4 aromatic rings. The van der Waals surface area contributed by atoms with E-state index in [0.29, 0.717) is 30.0 Å². The van der Waals surface area contributed by atoms with Gasteiger partial charge in [-0.25, -0.2) is 15.0 Å². The van der Waals surface area contributed by atoms with Crippen molar-refractivity contribution in [1.82, 2.24) is 29.7 Å². The minimum absolute atomic E-state index is 0.0648. The van der Waals surface area contributed by atoms with Crippen LogP contribution in [0.5, 0.6) is 5.75 Å². The number of benzene rings is 1. The molecule has 3 aromatic heterocycles. The van der Waals surface area contributed by atoms with Gasteiger partial charge in [-0.3, -0.25) is 0 Å². The molecule has 1 fully saturated rings.